The number of hydrogen-bond acceptors (Lipinski definition) is 4. The minimum absolute atomic E-state index is 0.334. The lowest BCUT2D eigenvalue weighted by Gasteiger charge is -2.01. The Morgan fingerprint density at radius 1 is 1.60 bits per heavy atom. The van der Waals surface area contributed by atoms with E-state index in [-0.39, 0.29) is 6.42 Å². The number of aliphatic carboxylic acids is 1. The highest BCUT2D eigenvalue weighted by Crippen LogP contribution is 2.02. The summed E-state index contributed by atoms with van der Waals surface area (Å²) < 4.78 is 0. The van der Waals surface area contributed by atoms with Gasteiger partial charge >= 0.3 is 11.9 Å². The summed E-state index contributed by atoms with van der Waals surface area (Å²) >= 11 is 0. The summed E-state index contributed by atoms with van der Waals surface area (Å²) in [6.07, 6.45) is -0.334. The van der Waals surface area contributed by atoms with Crippen molar-refractivity contribution in [2.75, 3.05) is 0 Å². The number of carboxylic acids is 1. The van der Waals surface area contributed by atoms with Crippen LogP contribution in [0.15, 0.2) is 0 Å². The first-order chi connectivity index (χ1) is 4.57. The highest BCUT2D eigenvalue weighted by Gasteiger charge is 2.17. The normalized spacial score (nSPS) is 12.2. The van der Waals surface area contributed by atoms with Crippen LogP contribution in [0.5, 0.6) is 0 Å². The summed E-state index contributed by atoms with van der Waals surface area (Å²) in [4.78, 5) is 23.6. The molecule has 0 fully saturated rings. The third-order valence-corrected chi connectivity index (χ3v) is 0.973. The van der Waals surface area contributed by atoms with Gasteiger partial charge in [-0.25, -0.2) is 4.79 Å². The molecule has 0 amide bonds. The minimum Gasteiger partial charge on any atom is -0.481 e. The van der Waals surface area contributed by atoms with Gasteiger partial charge in [-0.05, 0) is 0 Å². The Bertz CT molecular complexity index is 141. The molecule has 0 bridgehead atoms. The lowest BCUT2D eigenvalue weighted by Crippen LogP contribution is -2.16. The maximum atomic E-state index is 10.3. The predicted octanol–water partition coefficient (Wildman–Crippen LogP) is 0.113. The average molecular weight is 148 g/mol. The molecule has 0 aliphatic carbocycles. The lowest BCUT2D eigenvalue weighted by atomic mass is 10.1. The first kappa shape index (κ1) is 8.90. The van der Waals surface area contributed by atoms with Crippen LogP contribution in [-0.4, -0.2) is 22.3 Å². The van der Waals surface area contributed by atoms with E-state index in [9.17, 15) is 9.59 Å². The van der Waals surface area contributed by atoms with E-state index in [0.29, 0.717) is 0 Å². The molecule has 0 aliphatic heterocycles. The number of carbonyl (C=O) groups excluding carboxylic acids is 1. The van der Waals surface area contributed by atoms with Crippen LogP contribution in [0.25, 0.3) is 0 Å². The second kappa shape index (κ2) is 3.84. The molecule has 58 valence electrons. The first-order valence-electron chi connectivity index (χ1n) is 2.65. The van der Waals surface area contributed by atoms with E-state index in [0.717, 1.165) is 0 Å². The Morgan fingerprint density at radius 2 is 2.10 bits per heavy atom. The standard InChI is InChI=1S/C5H8O5/c1-3(2-4(6)7)5(8)10-9/h3,9H,2H2,1H3,(H,6,7). The van der Waals surface area contributed by atoms with Crippen LogP contribution in [0.2, 0.25) is 0 Å². The molecule has 0 rings (SSSR count). The Morgan fingerprint density at radius 3 is 2.40 bits per heavy atom. The van der Waals surface area contributed by atoms with Crippen molar-refractivity contribution in [3.8, 4) is 0 Å². The Hall–Kier alpha value is -1.10. The molecule has 2 N–H and O–H groups in total. The van der Waals surface area contributed by atoms with Gasteiger partial charge in [0, 0.05) is 0 Å². The van der Waals surface area contributed by atoms with Crippen molar-refractivity contribution in [2.45, 2.75) is 13.3 Å². The van der Waals surface area contributed by atoms with Crippen molar-refractivity contribution >= 4 is 11.9 Å². The van der Waals surface area contributed by atoms with Crippen LogP contribution in [0.3, 0.4) is 0 Å². The second-order valence-corrected chi connectivity index (χ2v) is 1.91. The van der Waals surface area contributed by atoms with Gasteiger partial charge in [0.1, 0.15) is 0 Å². The van der Waals surface area contributed by atoms with E-state index in [2.05, 4.69) is 4.89 Å². The fourth-order valence-corrected chi connectivity index (χ4v) is 0.435. The van der Waals surface area contributed by atoms with Crippen molar-refractivity contribution in [2.24, 2.45) is 5.92 Å². The van der Waals surface area contributed by atoms with Crippen LogP contribution in [0, 0.1) is 5.92 Å². The SMILES string of the molecule is CC(CC(=O)O)C(=O)OO. The van der Waals surface area contributed by atoms with Gasteiger partial charge in [-0.15, -0.1) is 0 Å². The van der Waals surface area contributed by atoms with Crippen LogP contribution in [0.1, 0.15) is 13.3 Å². The second-order valence-electron chi connectivity index (χ2n) is 1.91. The number of hydrogen-bond donors (Lipinski definition) is 2. The lowest BCUT2D eigenvalue weighted by molar-refractivity contribution is -0.238. The van der Waals surface area contributed by atoms with Crippen LogP contribution in [-0.2, 0) is 14.5 Å². The van der Waals surface area contributed by atoms with Gasteiger partial charge in [-0.3, -0.25) is 4.79 Å². The molecule has 10 heavy (non-hydrogen) atoms. The van der Waals surface area contributed by atoms with Crippen molar-refractivity contribution in [3.05, 3.63) is 0 Å². The number of rotatable bonds is 3. The maximum Gasteiger partial charge on any atom is 0.345 e. The third-order valence-electron chi connectivity index (χ3n) is 0.973. The van der Waals surface area contributed by atoms with E-state index in [1.807, 2.05) is 0 Å². The van der Waals surface area contributed by atoms with E-state index in [4.69, 9.17) is 10.4 Å². The Kier molecular flexibility index (Phi) is 3.42. The summed E-state index contributed by atoms with van der Waals surface area (Å²) in [5.74, 6) is -2.83. The Balaban J connectivity index is 3.72. The monoisotopic (exact) mass is 148 g/mol. The zero-order valence-electron chi connectivity index (χ0n) is 5.40. The van der Waals surface area contributed by atoms with Gasteiger partial charge in [0.2, 0.25) is 0 Å². The van der Waals surface area contributed by atoms with Gasteiger partial charge in [0.05, 0.1) is 12.3 Å². The fraction of sp³-hybridized carbons (Fsp3) is 0.600. The van der Waals surface area contributed by atoms with E-state index in [1.54, 1.807) is 0 Å². The summed E-state index contributed by atoms with van der Waals surface area (Å²) in [7, 11) is 0. The molecule has 0 aromatic rings. The topological polar surface area (TPSA) is 83.8 Å². The molecule has 0 aromatic heterocycles. The molecule has 0 heterocycles. The molecule has 0 saturated heterocycles. The highest BCUT2D eigenvalue weighted by molar-refractivity contribution is 5.78. The van der Waals surface area contributed by atoms with Gasteiger partial charge in [0.25, 0.3) is 0 Å². The van der Waals surface area contributed by atoms with E-state index >= 15 is 0 Å². The van der Waals surface area contributed by atoms with Gasteiger partial charge in [-0.1, -0.05) is 6.92 Å². The minimum atomic E-state index is -1.10. The van der Waals surface area contributed by atoms with Gasteiger partial charge < -0.3 is 9.99 Å². The van der Waals surface area contributed by atoms with Crippen molar-refractivity contribution in [1.82, 2.24) is 0 Å². The first-order valence-corrected chi connectivity index (χ1v) is 2.65. The molecule has 1 atom stereocenters. The van der Waals surface area contributed by atoms with Crippen molar-refractivity contribution < 1.29 is 24.8 Å². The fourth-order valence-electron chi connectivity index (χ4n) is 0.435. The number of carboxylic acid groups (broad SMARTS) is 1. The van der Waals surface area contributed by atoms with Crippen LogP contribution >= 0.6 is 0 Å². The van der Waals surface area contributed by atoms with E-state index < -0.39 is 17.9 Å². The molecule has 0 spiro atoms. The molecule has 0 radical (unpaired) electrons. The van der Waals surface area contributed by atoms with Gasteiger partial charge in [0.15, 0.2) is 0 Å². The largest absolute Gasteiger partial charge is 0.481 e. The van der Waals surface area contributed by atoms with E-state index in [1.165, 1.54) is 6.92 Å². The predicted molar refractivity (Wildman–Crippen MR) is 30.1 cm³/mol. The summed E-state index contributed by atoms with van der Waals surface area (Å²) in [6.45, 7) is 1.35. The maximum absolute atomic E-state index is 10.3. The molecule has 0 aliphatic rings. The number of carbonyl (C=O) groups is 2. The third kappa shape index (κ3) is 3.03. The van der Waals surface area contributed by atoms with Crippen molar-refractivity contribution in [3.63, 3.8) is 0 Å². The molecular weight excluding hydrogens is 140 g/mol. The smallest absolute Gasteiger partial charge is 0.345 e. The van der Waals surface area contributed by atoms with Gasteiger partial charge in [-0.2, -0.15) is 5.26 Å². The molecule has 5 heteroatoms. The zero-order valence-corrected chi connectivity index (χ0v) is 5.40. The summed E-state index contributed by atoms with van der Waals surface area (Å²) in [6, 6.07) is 0. The molecule has 5 nitrogen and oxygen atoms in total. The molecular formula is C5H8O5. The van der Waals surface area contributed by atoms with Crippen LogP contribution < -0.4 is 0 Å². The highest BCUT2D eigenvalue weighted by atomic mass is 17.1. The molecule has 0 saturated carbocycles. The summed E-state index contributed by atoms with van der Waals surface area (Å²) in [5.41, 5.74) is 0. The van der Waals surface area contributed by atoms with Crippen molar-refractivity contribution in [1.29, 1.82) is 0 Å². The quantitative estimate of drug-likeness (QED) is 0.438. The molecule has 1 unspecified atom stereocenters. The molecule has 0 aromatic carbocycles. The van der Waals surface area contributed by atoms with Crippen LogP contribution in [0.4, 0.5) is 0 Å². The average Bonchev–Trinajstić information content (AvgIpc) is 1.85. The zero-order chi connectivity index (χ0) is 8.15. The Labute approximate surface area is 57.2 Å². The summed E-state index contributed by atoms with van der Waals surface area (Å²) in [5, 5.41) is 15.9.